The van der Waals surface area contributed by atoms with Crippen LogP contribution in [0.25, 0.3) is 0 Å². The van der Waals surface area contributed by atoms with E-state index in [1.807, 2.05) is 37.3 Å². The number of hydrogen-bond donors (Lipinski definition) is 0. The molecule has 8 heteroatoms. The molecule has 1 aromatic carbocycles. The van der Waals surface area contributed by atoms with Crippen LogP contribution in [0.1, 0.15) is 18.5 Å². The number of likely N-dealkylation sites (N-methyl/N-ethyl adjacent to an activating group) is 1. The Bertz CT molecular complexity index is 823. The first-order valence-corrected chi connectivity index (χ1v) is 11.2. The highest BCUT2D eigenvalue weighted by Crippen LogP contribution is 2.36. The Morgan fingerprint density at radius 1 is 1.15 bits per heavy atom. The molecule has 2 amide bonds. The van der Waals surface area contributed by atoms with Crippen LogP contribution in [0.2, 0.25) is 0 Å². The quantitative estimate of drug-likeness (QED) is 0.744. The van der Waals surface area contributed by atoms with Gasteiger partial charge in [-0.15, -0.1) is 0 Å². The summed E-state index contributed by atoms with van der Waals surface area (Å²) in [7, 11) is -2.84. The van der Waals surface area contributed by atoms with E-state index in [1.165, 1.54) is 0 Å². The average molecular weight is 392 g/mol. The second-order valence-corrected chi connectivity index (χ2v) is 9.76. The number of nitrogens with zero attached hydrogens (tertiary/aromatic N) is 2. The van der Waals surface area contributed by atoms with Crippen LogP contribution in [0.3, 0.4) is 0 Å². The number of hydrogen-bond acceptors (Lipinski definition) is 5. The van der Waals surface area contributed by atoms with Gasteiger partial charge in [0.1, 0.15) is 6.61 Å². The maximum absolute atomic E-state index is 13.1. The Morgan fingerprint density at radius 3 is 2.41 bits per heavy atom. The predicted octanol–water partition coefficient (Wildman–Crippen LogP) is 0.478. The summed E-state index contributed by atoms with van der Waals surface area (Å²) in [5, 5.41) is 0. The molecular formula is C19H24N2O5S. The lowest BCUT2D eigenvalue weighted by atomic mass is 9.86. The molecule has 1 aromatic rings. The number of morpholine rings is 1. The fraction of sp³-hybridized carbons (Fsp3) is 0.579. The van der Waals surface area contributed by atoms with E-state index >= 15 is 0 Å². The van der Waals surface area contributed by atoms with Gasteiger partial charge >= 0.3 is 0 Å². The minimum absolute atomic E-state index is 0.0916. The Balaban J connectivity index is 1.48. The first-order chi connectivity index (χ1) is 12.9. The van der Waals surface area contributed by atoms with Crippen molar-refractivity contribution in [3.8, 4) is 0 Å². The molecule has 146 valence electrons. The first-order valence-electron chi connectivity index (χ1n) is 9.35. The zero-order valence-corrected chi connectivity index (χ0v) is 16.1. The third-order valence-electron chi connectivity index (χ3n) is 5.88. The van der Waals surface area contributed by atoms with Crippen molar-refractivity contribution in [2.75, 3.05) is 37.7 Å². The van der Waals surface area contributed by atoms with Crippen LogP contribution >= 0.6 is 0 Å². The molecule has 3 heterocycles. The fourth-order valence-corrected chi connectivity index (χ4v) is 6.04. The summed E-state index contributed by atoms with van der Waals surface area (Å²) >= 11 is 0. The minimum atomic E-state index is -2.84. The largest absolute Gasteiger partial charge is 0.356 e. The number of sulfone groups is 1. The molecule has 4 rings (SSSR count). The molecule has 0 aromatic heterocycles. The van der Waals surface area contributed by atoms with E-state index in [0.717, 1.165) is 5.56 Å². The maximum Gasteiger partial charge on any atom is 0.254 e. The van der Waals surface area contributed by atoms with Crippen molar-refractivity contribution in [3.05, 3.63) is 35.9 Å². The third kappa shape index (κ3) is 3.36. The van der Waals surface area contributed by atoms with Crippen molar-refractivity contribution in [2.24, 2.45) is 11.8 Å². The van der Waals surface area contributed by atoms with E-state index in [0.29, 0.717) is 19.6 Å². The third-order valence-corrected chi connectivity index (χ3v) is 7.75. The van der Waals surface area contributed by atoms with Gasteiger partial charge in [-0.3, -0.25) is 9.59 Å². The Labute approximate surface area is 159 Å². The van der Waals surface area contributed by atoms with Gasteiger partial charge in [0.05, 0.1) is 17.5 Å². The second kappa shape index (κ2) is 6.91. The molecule has 3 fully saturated rings. The molecule has 27 heavy (non-hydrogen) atoms. The van der Waals surface area contributed by atoms with Gasteiger partial charge in [-0.2, -0.15) is 0 Å². The molecule has 0 unspecified atom stereocenters. The van der Waals surface area contributed by atoms with Gasteiger partial charge in [0.25, 0.3) is 5.91 Å². The van der Waals surface area contributed by atoms with E-state index < -0.39 is 22.0 Å². The van der Waals surface area contributed by atoms with Gasteiger partial charge in [0, 0.05) is 19.6 Å². The molecule has 0 spiro atoms. The van der Waals surface area contributed by atoms with Crippen LogP contribution in [0.4, 0.5) is 0 Å². The summed E-state index contributed by atoms with van der Waals surface area (Å²) < 4.78 is 28.4. The van der Waals surface area contributed by atoms with E-state index in [-0.39, 0.29) is 41.8 Å². The smallest absolute Gasteiger partial charge is 0.254 e. The highest BCUT2D eigenvalue weighted by molar-refractivity contribution is 7.92. The van der Waals surface area contributed by atoms with Crippen LogP contribution < -0.4 is 0 Å². The van der Waals surface area contributed by atoms with Crippen molar-refractivity contribution in [2.45, 2.75) is 19.1 Å². The van der Waals surface area contributed by atoms with Gasteiger partial charge in [-0.25, -0.2) is 8.42 Å². The molecule has 0 aliphatic carbocycles. The summed E-state index contributed by atoms with van der Waals surface area (Å²) in [4.78, 5) is 28.8. The number of carbonyl (C=O) groups excluding carboxylic acids is 2. The van der Waals surface area contributed by atoms with Gasteiger partial charge in [0.15, 0.2) is 15.9 Å². The van der Waals surface area contributed by atoms with Crippen LogP contribution in [-0.4, -0.2) is 73.9 Å². The normalized spacial score (nSPS) is 28.6. The molecule has 3 saturated heterocycles. The first kappa shape index (κ1) is 18.4. The Morgan fingerprint density at radius 2 is 1.81 bits per heavy atom. The van der Waals surface area contributed by atoms with Crippen molar-refractivity contribution >= 4 is 21.7 Å². The minimum Gasteiger partial charge on any atom is -0.356 e. The standard InChI is InChI=1S/C19H24N2O5S/c1-2-21-16(22)10-26-18(17(21)13-6-4-3-5-7-13)19(23)20-8-14(9-20)15-11-27(24,25)12-15/h3-7,14-15,17-18H,2,8-12H2,1H3/t17-,18+/m1/s1. The zero-order valence-electron chi connectivity index (χ0n) is 15.3. The van der Waals surface area contributed by atoms with Gasteiger partial charge in [-0.05, 0) is 24.3 Å². The number of carbonyl (C=O) groups is 2. The van der Waals surface area contributed by atoms with Crippen molar-refractivity contribution in [1.29, 1.82) is 0 Å². The molecule has 0 bridgehead atoms. The molecule has 0 radical (unpaired) electrons. The molecule has 7 nitrogen and oxygen atoms in total. The topological polar surface area (TPSA) is 84.0 Å². The van der Waals surface area contributed by atoms with Crippen LogP contribution in [0, 0.1) is 11.8 Å². The van der Waals surface area contributed by atoms with E-state index in [2.05, 4.69) is 0 Å². The maximum atomic E-state index is 13.1. The van der Waals surface area contributed by atoms with Crippen LogP contribution in [0.15, 0.2) is 30.3 Å². The van der Waals surface area contributed by atoms with Crippen molar-refractivity contribution < 1.29 is 22.7 Å². The van der Waals surface area contributed by atoms with Gasteiger partial charge in [-0.1, -0.05) is 30.3 Å². The van der Waals surface area contributed by atoms with Crippen LogP contribution in [0.5, 0.6) is 0 Å². The number of amides is 2. The summed E-state index contributed by atoms with van der Waals surface area (Å²) in [6, 6.07) is 9.06. The Kier molecular flexibility index (Phi) is 4.71. The number of likely N-dealkylation sites (tertiary alicyclic amines) is 1. The van der Waals surface area contributed by atoms with E-state index in [4.69, 9.17) is 4.74 Å². The number of rotatable bonds is 4. The lowest BCUT2D eigenvalue weighted by Gasteiger charge is -2.49. The summed E-state index contributed by atoms with van der Waals surface area (Å²) in [5.74, 6) is 0.671. The predicted molar refractivity (Wildman–Crippen MR) is 98.5 cm³/mol. The molecule has 2 atom stereocenters. The van der Waals surface area contributed by atoms with E-state index in [1.54, 1.807) is 9.80 Å². The lowest BCUT2D eigenvalue weighted by Crippen LogP contribution is -2.62. The van der Waals surface area contributed by atoms with Crippen molar-refractivity contribution in [3.63, 3.8) is 0 Å². The Hall–Kier alpha value is -1.93. The molecule has 0 N–H and O–H groups in total. The molecular weight excluding hydrogens is 368 g/mol. The summed E-state index contributed by atoms with van der Waals surface area (Å²) in [6.07, 6.45) is -0.726. The van der Waals surface area contributed by atoms with Crippen molar-refractivity contribution in [1.82, 2.24) is 9.80 Å². The highest BCUT2D eigenvalue weighted by atomic mass is 32.2. The highest BCUT2D eigenvalue weighted by Gasteiger charge is 2.49. The number of benzene rings is 1. The average Bonchev–Trinajstić information content (AvgIpc) is 2.59. The molecule has 3 aliphatic rings. The SMILES string of the molecule is CCN1C(=O)CO[C@H](C(=O)N2CC(C3CS(=O)(=O)C3)C2)[C@H]1c1ccccc1. The second-order valence-electron chi connectivity index (χ2n) is 7.61. The van der Waals surface area contributed by atoms with Gasteiger partial charge < -0.3 is 14.5 Å². The summed E-state index contributed by atoms with van der Waals surface area (Å²) in [6.45, 7) is 3.46. The van der Waals surface area contributed by atoms with Gasteiger partial charge in [0.2, 0.25) is 5.91 Å². The van der Waals surface area contributed by atoms with E-state index in [9.17, 15) is 18.0 Å². The molecule has 0 saturated carbocycles. The summed E-state index contributed by atoms with van der Waals surface area (Å²) in [5.41, 5.74) is 0.882. The zero-order chi connectivity index (χ0) is 19.2. The van der Waals surface area contributed by atoms with Crippen LogP contribution in [-0.2, 0) is 24.2 Å². The number of ether oxygens (including phenoxy) is 1. The fourth-order valence-electron chi connectivity index (χ4n) is 4.28. The lowest BCUT2D eigenvalue weighted by molar-refractivity contribution is -0.173. The monoisotopic (exact) mass is 392 g/mol. The molecule has 3 aliphatic heterocycles.